The van der Waals surface area contributed by atoms with Crippen LogP contribution in [0.25, 0.3) is 11.1 Å². The first kappa shape index (κ1) is 33.1. The van der Waals surface area contributed by atoms with Crippen LogP contribution in [0.3, 0.4) is 0 Å². The second kappa shape index (κ2) is 14.4. The Balaban J connectivity index is 1.05. The van der Waals surface area contributed by atoms with Crippen molar-refractivity contribution in [2.75, 3.05) is 13.2 Å². The molecule has 1 saturated heterocycles. The van der Waals surface area contributed by atoms with Crippen LogP contribution in [-0.2, 0) is 15.7 Å². The summed E-state index contributed by atoms with van der Waals surface area (Å²) in [6.07, 6.45) is 3.58. The van der Waals surface area contributed by atoms with Crippen molar-refractivity contribution in [1.82, 2.24) is 0 Å². The minimum Gasteiger partial charge on any atom is -0.432 e. The number of hydrogen-bond donors (Lipinski definition) is 0. The van der Waals surface area contributed by atoms with Gasteiger partial charge in [0.25, 0.3) is 0 Å². The number of rotatable bonds is 10. The van der Waals surface area contributed by atoms with E-state index in [2.05, 4.69) is 6.92 Å². The Morgan fingerprint density at radius 1 is 0.727 bits per heavy atom. The monoisotopic (exact) mass is 626 g/mol. The van der Waals surface area contributed by atoms with E-state index >= 15 is 8.78 Å². The minimum absolute atomic E-state index is 0.0618. The molecule has 0 unspecified atom stereocenters. The Bertz CT molecular complexity index is 1180. The van der Waals surface area contributed by atoms with Crippen LogP contribution in [-0.4, -0.2) is 25.6 Å². The Morgan fingerprint density at radius 3 is 1.93 bits per heavy atom. The molecule has 2 aliphatic carbocycles. The quantitative estimate of drug-likeness (QED) is 0.194. The predicted molar refractivity (Wildman–Crippen MR) is 157 cm³/mol. The van der Waals surface area contributed by atoms with E-state index in [1.54, 1.807) is 0 Å². The molecule has 2 saturated carbocycles. The summed E-state index contributed by atoms with van der Waals surface area (Å²) < 4.78 is 100. The van der Waals surface area contributed by atoms with Gasteiger partial charge in [0.05, 0.1) is 24.7 Å². The van der Waals surface area contributed by atoms with Gasteiger partial charge in [-0.2, -0.15) is 22.0 Å². The second-order valence-electron chi connectivity index (χ2n) is 13.1. The number of hydrogen-bond acceptors (Lipinski definition) is 3. The third kappa shape index (κ3) is 8.31. The molecule has 1 aliphatic heterocycles. The van der Waals surface area contributed by atoms with Gasteiger partial charge in [0.2, 0.25) is 0 Å². The lowest BCUT2D eigenvalue weighted by Gasteiger charge is -2.41. The fourth-order valence-electron chi connectivity index (χ4n) is 7.32. The first-order valence-corrected chi connectivity index (χ1v) is 16.3. The fraction of sp³-hybridized carbons (Fsp3) is 0.657. The van der Waals surface area contributed by atoms with Crippen molar-refractivity contribution in [1.29, 1.82) is 0 Å². The highest BCUT2D eigenvalue weighted by Crippen LogP contribution is 2.44. The van der Waals surface area contributed by atoms with Crippen LogP contribution in [0.5, 0.6) is 5.75 Å². The molecule has 44 heavy (non-hydrogen) atoms. The third-order valence-electron chi connectivity index (χ3n) is 10.1. The Labute approximate surface area is 256 Å². The molecular formula is C35H44F6O3. The molecule has 0 N–H and O–H groups in total. The van der Waals surface area contributed by atoms with E-state index in [0.717, 1.165) is 18.1 Å². The highest BCUT2D eigenvalue weighted by atomic mass is 19.4. The van der Waals surface area contributed by atoms with Crippen molar-refractivity contribution in [3.63, 3.8) is 0 Å². The van der Waals surface area contributed by atoms with E-state index < -0.39 is 29.6 Å². The van der Waals surface area contributed by atoms with Gasteiger partial charge in [-0.25, -0.2) is 4.39 Å². The molecule has 0 amide bonds. The summed E-state index contributed by atoms with van der Waals surface area (Å²) in [4.78, 5) is 0. The smallest absolute Gasteiger partial charge is 0.419 e. The first-order chi connectivity index (χ1) is 21.0. The van der Waals surface area contributed by atoms with Gasteiger partial charge in [0.15, 0.2) is 6.29 Å². The van der Waals surface area contributed by atoms with Crippen LogP contribution in [0.1, 0.15) is 89.5 Å². The highest BCUT2D eigenvalue weighted by molar-refractivity contribution is 5.64. The van der Waals surface area contributed by atoms with Crippen LogP contribution in [0.15, 0.2) is 42.5 Å². The minimum atomic E-state index is -4.79. The number of benzene rings is 2. The van der Waals surface area contributed by atoms with Crippen LogP contribution in [0, 0.1) is 35.4 Å². The van der Waals surface area contributed by atoms with E-state index in [0.29, 0.717) is 49.5 Å². The molecule has 0 radical (unpaired) electrons. The molecular weight excluding hydrogens is 582 g/mol. The summed E-state index contributed by atoms with van der Waals surface area (Å²) in [5.74, 6) is -0.389. The Hall–Kier alpha value is -2.26. The molecule has 0 bridgehead atoms. The summed E-state index contributed by atoms with van der Waals surface area (Å²) in [6.45, 7) is 3.62. The molecule has 5 rings (SSSR count). The lowest BCUT2D eigenvalue weighted by molar-refractivity contribution is -0.251. The third-order valence-corrected chi connectivity index (χ3v) is 10.1. The molecule has 0 atom stereocenters. The van der Waals surface area contributed by atoms with Crippen molar-refractivity contribution < 1.29 is 40.6 Å². The number of unbranched alkanes of at least 4 members (excludes halogenated alkanes) is 2. The van der Waals surface area contributed by atoms with E-state index in [-0.39, 0.29) is 36.4 Å². The fourth-order valence-corrected chi connectivity index (χ4v) is 7.32. The lowest BCUT2D eigenvalue weighted by atomic mass is 9.74. The normalized spacial score (nSPS) is 28.5. The van der Waals surface area contributed by atoms with Gasteiger partial charge < -0.3 is 14.2 Å². The molecule has 244 valence electrons. The van der Waals surface area contributed by atoms with Gasteiger partial charge in [-0.15, -0.1) is 0 Å². The maximum atomic E-state index is 15.1. The highest BCUT2D eigenvalue weighted by Gasteiger charge is 2.46. The van der Waals surface area contributed by atoms with Gasteiger partial charge in [-0.05, 0) is 85.8 Å². The molecule has 9 heteroatoms. The predicted octanol–water partition coefficient (Wildman–Crippen LogP) is 10.7. The molecule has 0 aromatic heterocycles. The van der Waals surface area contributed by atoms with E-state index in [9.17, 15) is 17.6 Å². The number of ether oxygens (including phenoxy) is 3. The molecule has 3 nitrogen and oxygen atoms in total. The Morgan fingerprint density at radius 2 is 1.34 bits per heavy atom. The summed E-state index contributed by atoms with van der Waals surface area (Å²) in [5, 5.41) is 0. The lowest BCUT2D eigenvalue weighted by Crippen LogP contribution is -2.43. The zero-order valence-electron chi connectivity index (χ0n) is 25.4. The Kier molecular flexibility index (Phi) is 10.9. The second-order valence-corrected chi connectivity index (χ2v) is 13.1. The number of halogens is 6. The van der Waals surface area contributed by atoms with Gasteiger partial charge in [-0.1, -0.05) is 63.6 Å². The largest absolute Gasteiger partial charge is 0.432 e. The topological polar surface area (TPSA) is 27.7 Å². The summed E-state index contributed by atoms with van der Waals surface area (Å²) >= 11 is 0. The van der Waals surface area contributed by atoms with Crippen LogP contribution < -0.4 is 4.74 Å². The molecule has 1 heterocycles. The van der Waals surface area contributed by atoms with Crippen LogP contribution in [0.4, 0.5) is 26.3 Å². The summed E-state index contributed by atoms with van der Waals surface area (Å²) in [5.41, 5.74) is -0.763. The van der Waals surface area contributed by atoms with E-state index in [4.69, 9.17) is 14.2 Å². The molecule has 0 spiro atoms. The molecule has 2 aromatic rings. The maximum absolute atomic E-state index is 15.1. The average molecular weight is 627 g/mol. The molecule has 3 aliphatic rings. The van der Waals surface area contributed by atoms with Crippen molar-refractivity contribution in [3.8, 4) is 16.9 Å². The van der Waals surface area contributed by atoms with Gasteiger partial charge in [-0.3, -0.25) is 0 Å². The zero-order chi connectivity index (χ0) is 31.3. The van der Waals surface area contributed by atoms with Crippen LogP contribution >= 0.6 is 0 Å². The van der Waals surface area contributed by atoms with Crippen LogP contribution in [0.2, 0.25) is 0 Å². The number of alkyl halides is 5. The van der Waals surface area contributed by atoms with Crippen molar-refractivity contribution in [2.24, 2.45) is 29.6 Å². The van der Waals surface area contributed by atoms with Crippen molar-refractivity contribution >= 4 is 0 Å². The zero-order valence-corrected chi connectivity index (χ0v) is 25.4. The van der Waals surface area contributed by atoms with Crippen molar-refractivity contribution in [3.05, 3.63) is 53.8 Å². The molecule has 2 aromatic carbocycles. The van der Waals surface area contributed by atoms with E-state index in [1.165, 1.54) is 75.6 Å². The van der Waals surface area contributed by atoms with Gasteiger partial charge >= 0.3 is 12.3 Å². The van der Waals surface area contributed by atoms with Crippen molar-refractivity contribution in [2.45, 2.75) is 103 Å². The SMILES string of the molecule is CCCCCC1CCC(C2COC(C3CCC(C(F)(F)Oc4ccc(-c5ccc(C(F)(F)F)c(F)c5)cc4)CC3)OC2)CC1. The average Bonchev–Trinajstić information content (AvgIpc) is 3.01. The summed E-state index contributed by atoms with van der Waals surface area (Å²) in [6, 6.07) is 8.10. The summed E-state index contributed by atoms with van der Waals surface area (Å²) in [7, 11) is 0. The first-order valence-electron chi connectivity index (χ1n) is 16.3. The van der Waals surface area contributed by atoms with Gasteiger partial charge in [0.1, 0.15) is 11.6 Å². The maximum Gasteiger partial charge on any atom is 0.419 e. The van der Waals surface area contributed by atoms with E-state index in [1.807, 2.05) is 0 Å². The van der Waals surface area contributed by atoms with Gasteiger partial charge in [0, 0.05) is 11.8 Å². The molecule has 3 fully saturated rings. The standard InChI is InChI=1S/C35H44F6O3/c1-2-3-4-5-23-6-8-25(9-7-23)28-21-42-33(43-22-28)26-10-15-29(16-11-26)35(40,41)44-30-17-12-24(13-18-30)27-14-19-31(32(36)20-27)34(37,38)39/h12-14,17-20,23,25-26,28-29,33H,2-11,15-16,21-22H2,1H3.